The van der Waals surface area contributed by atoms with Crippen molar-refractivity contribution >= 4 is 22.6 Å². The Bertz CT molecular complexity index is 1120. The molecule has 0 saturated carbocycles. The summed E-state index contributed by atoms with van der Waals surface area (Å²) in [6, 6.07) is 20.6. The summed E-state index contributed by atoms with van der Waals surface area (Å²) in [5.74, 6) is 1.37. The SMILES string of the molecule is COc1cccc(C(=O)Nc2cccc(-c3nc4ccccc4[nH]3)c2)c1OC. The Balaban J connectivity index is 1.63. The molecule has 0 saturated heterocycles. The van der Waals surface area contributed by atoms with E-state index >= 15 is 0 Å². The number of anilines is 1. The molecule has 0 aliphatic heterocycles. The van der Waals surface area contributed by atoms with Crippen molar-refractivity contribution in [3.8, 4) is 22.9 Å². The normalized spacial score (nSPS) is 10.6. The minimum Gasteiger partial charge on any atom is -0.493 e. The molecule has 0 unspecified atom stereocenters. The number of para-hydroxylation sites is 3. The number of H-pyrrole nitrogens is 1. The quantitative estimate of drug-likeness (QED) is 0.540. The van der Waals surface area contributed by atoms with Gasteiger partial charge in [0.05, 0.1) is 30.8 Å². The van der Waals surface area contributed by atoms with Gasteiger partial charge in [-0.1, -0.05) is 30.3 Å². The number of carbonyl (C=O) groups is 1. The maximum absolute atomic E-state index is 12.8. The van der Waals surface area contributed by atoms with E-state index in [1.54, 1.807) is 18.2 Å². The predicted molar refractivity (Wildman–Crippen MR) is 109 cm³/mol. The molecule has 0 aliphatic carbocycles. The van der Waals surface area contributed by atoms with E-state index in [4.69, 9.17) is 9.47 Å². The molecule has 4 rings (SSSR count). The number of nitrogens with one attached hydrogen (secondary N) is 2. The van der Waals surface area contributed by atoms with Crippen molar-refractivity contribution in [3.63, 3.8) is 0 Å². The van der Waals surface area contributed by atoms with Crippen molar-refractivity contribution in [2.45, 2.75) is 0 Å². The van der Waals surface area contributed by atoms with E-state index in [1.807, 2.05) is 48.5 Å². The van der Waals surface area contributed by atoms with Crippen molar-refractivity contribution in [2.24, 2.45) is 0 Å². The van der Waals surface area contributed by atoms with Crippen LogP contribution in [-0.2, 0) is 0 Å². The van der Waals surface area contributed by atoms with Crippen molar-refractivity contribution in [1.29, 1.82) is 0 Å². The highest BCUT2D eigenvalue weighted by molar-refractivity contribution is 6.07. The zero-order valence-electron chi connectivity index (χ0n) is 15.5. The average Bonchev–Trinajstić information content (AvgIpc) is 3.17. The number of amides is 1. The molecule has 1 amide bonds. The van der Waals surface area contributed by atoms with Crippen molar-refractivity contribution in [2.75, 3.05) is 19.5 Å². The standard InChI is InChI=1S/C22H19N3O3/c1-27-19-12-6-9-16(20(19)28-2)22(26)23-15-8-5-7-14(13-15)21-24-17-10-3-4-11-18(17)25-21/h3-13H,1-2H3,(H,23,26)(H,24,25). The summed E-state index contributed by atoms with van der Waals surface area (Å²) in [5.41, 5.74) is 3.80. The lowest BCUT2D eigenvalue weighted by atomic mass is 10.1. The maximum atomic E-state index is 12.8. The van der Waals surface area contributed by atoms with Gasteiger partial charge in [-0.25, -0.2) is 4.98 Å². The van der Waals surface area contributed by atoms with Gasteiger partial charge in [-0.2, -0.15) is 0 Å². The highest BCUT2D eigenvalue weighted by Crippen LogP contribution is 2.31. The third-order valence-corrected chi connectivity index (χ3v) is 4.43. The van der Waals surface area contributed by atoms with E-state index in [-0.39, 0.29) is 5.91 Å². The molecule has 3 aromatic carbocycles. The Morgan fingerprint density at radius 1 is 0.964 bits per heavy atom. The predicted octanol–water partition coefficient (Wildman–Crippen LogP) is 4.50. The fraction of sp³-hybridized carbons (Fsp3) is 0.0909. The second-order valence-electron chi connectivity index (χ2n) is 6.18. The van der Waals surface area contributed by atoms with Gasteiger partial charge in [0.15, 0.2) is 11.5 Å². The fourth-order valence-corrected chi connectivity index (χ4v) is 3.10. The zero-order chi connectivity index (χ0) is 19.5. The molecule has 0 radical (unpaired) electrons. The highest BCUT2D eigenvalue weighted by Gasteiger charge is 2.17. The number of benzene rings is 3. The first-order valence-electron chi connectivity index (χ1n) is 8.77. The maximum Gasteiger partial charge on any atom is 0.259 e. The van der Waals surface area contributed by atoms with E-state index < -0.39 is 0 Å². The molecule has 0 spiro atoms. The van der Waals surface area contributed by atoms with Gasteiger partial charge in [-0.15, -0.1) is 0 Å². The molecule has 1 aromatic heterocycles. The van der Waals surface area contributed by atoms with Crippen LogP contribution in [0.5, 0.6) is 11.5 Å². The van der Waals surface area contributed by atoms with Gasteiger partial charge in [-0.3, -0.25) is 4.79 Å². The topological polar surface area (TPSA) is 76.2 Å². The van der Waals surface area contributed by atoms with Crippen LogP contribution < -0.4 is 14.8 Å². The van der Waals surface area contributed by atoms with Crippen LogP contribution in [0.3, 0.4) is 0 Å². The summed E-state index contributed by atoms with van der Waals surface area (Å²) < 4.78 is 10.6. The number of methoxy groups -OCH3 is 2. The lowest BCUT2D eigenvalue weighted by molar-refractivity contribution is 0.102. The monoisotopic (exact) mass is 373 g/mol. The van der Waals surface area contributed by atoms with E-state index in [0.29, 0.717) is 22.7 Å². The first kappa shape index (κ1) is 17.6. The summed E-state index contributed by atoms with van der Waals surface area (Å²) in [6.07, 6.45) is 0. The van der Waals surface area contributed by atoms with Gasteiger partial charge < -0.3 is 19.8 Å². The largest absolute Gasteiger partial charge is 0.493 e. The second kappa shape index (κ2) is 7.44. The van der Waals surface area contributed by atoms with E-state index in [0.717, 1.165) is 22.4 Å². The molecule has 0 fully saturated rings. The number of hydrogen-bond donors (Lipinski definition) is 2. The summed E-state index contributed by atoms with van der Waals surface area (Å²) in [4.78, 5) is 20.7. The first-order chi connectivity index (χ1) is 13.7. The fourth-order valence-electron chi connectivity index (χ4n) is 3.10. The number of aromatic amines is 1. The van der Waals surface area contributed by atoms with Crippen molar-refractivity contribution in [3.05, 3.63) is 72.3 Å². The van der Waals surface area contributed by atoms with Crippen LogP contribution in [-0.4, -0.2) is 30.1 Å². The first-order valence-corrected chi connectivity index (χ1v) is 8.77. The summed E-state index contributed by atoms with van der Waals surface area (Å²) in [5, 5.41) is 2.91. The molecule has 6 nitrogen and oxygen atoms in total. The van der Waals surface area contributed by atoms with Gasteiger partial charge in [-0.05, 0) is 36.4 Å². The molecule has 0 aliphatic rings. The Labute approximate surface area is 162 Å². The smallest absolute Gasteiger partial charge is 0.259 e. The van der Waals surface area contributed by atoms with Gasteiger partial charge in [0.25, 0.3) is 5.91 Å². The number of rotatable bonds is 5. The number of hydrogen-bond acceptors (Lipinski definition) is 4. The van der Waals surface area contributed by atoms with Crippen molar-refractivity contribution < 1.29 is 14.3 Å². The van der Waals surface area contributed by atoms with E-state index in [1.165, 1.54) is 14.2 Å². The molecule has 2 N–H and O–H groups in total. The second-order valence-corrected chi connectivity index (χ2v) is 6.18. The van der Waals surface area contributed by atoms with Crippen LogP contribution in [0.4, 0.5) is 5.69 Å². The molecule has 140 valence electrons. The lowest BCUT2D eigenvalue weighted by Gasteiger charge is -2.13. The summed E-state index contributed by atoms with van der Waals surface area (Å²) in [7, 11) is 3.05. The molecule has 0 atom stereocenters. The Kier molecular flexibility index (Phi) is 4.68. The number of ether oxygens (including phenoxy) is 2. The molecule has 6 heteroatoms. The number of nitrogens with zero attached hydrogens (tertiary/aromatic N) is 1. The summed E-state index contributed by atoms with van der Waals surface area (Å²) >= 11 is 0. The van der Waals surface area contributed by atoms with Crippen molar-refractivity contribution in [1.82, 2.24) is 9.97 Å². The highest BCUT2D eigenvalue weighted by atomic mass is 16.5. The third kappa shape index (κ3) is 3.27. The van der Waals surface area contributed by atoms with Gasteiger partial charge in [0.1, 0.15) is 5.82 Å². The third-order valence-electron chi connectivity index (χ3n) is 4.43. The van der Waals surface area contributed by atoms with Crippen LogP contribution in [0.15, 0.2) is 66.7 Å². The number of imidazole rings is 1. The molecule has 4 aromatic rings. The van der Waals surface area contributed by atoms with Crippen LogP contribution in [0.25, 0.3) is 22.4 Å². The summed E-state index contributed by atoms with van der Waals surface area (Å²) in [6.45, 7) is 0. The minimum atomic E-state index is -0.280. The molecular formula is C22H19N3O3. The van der Waals surface area contributed by atoms with E-state index in [2.05, 4.69) is 15.3 Å². The molecule has 1 heterocycles. The number of fused-ring (bicyclic) bond motifs is 1. The number of carbonyl (C=O) groups excluding carboxylic acids is 1. The number of aromatic nitrogens is 2. The zero-order valence-corrected chi connectivity index (χ0v) is 15.5. The molecule has 28 heavy (non-hydrogen) atoms. The average molecular weight is 373 g/mol. The minimum absolute atomic E-state index is 0.280. The Morgan fingerprint density at radius 3 is 2.57 bits per heavy atom. The lowest BCUT2D eigenvalue weighted by Crippen LogP contribution is -2.13. The van der Waals surface area contributed by atoms with Gasteiger partial charge in [0.2, 0.25) is 0 Å². The Hall–Kier alpha value is -3.80. The van der Waals surface area contributed by atoms with Crippen LogP contribution >= 0.6 is 0 Å². The molecular weight excluding hydrogens is 354 g/mol. The van der Waals surface area contributed by atoms with Crippen LogP contribution in [0.2, 0.25) is 0 Å². The molecule has 0 bridgehead atoms. The van der Waals surface area contributed by atoms with Crippen LogP contribution in [0.1, 0.15) is 10.4 Å². The van der Waals surface area contributed by atoms with Gasteiger partial charge >= 0.3 is 0 Å². The van der Waals surface area contributed by atoms with Crippen LogP contribution in [0, 0.1) is 0 Å². The Morgan fingerprint density at radius 2 is 1.79 bits per heavy atom. The van der Waals surface area contributed by atoms with Gasteiger partial charge in [0, 0.05) is 11.3 Å². The van der Waals surface area contributed by atoms with E-state index in [9.17, 15) is 4.79 Å².